The van der Waals surface area contributed by atoms with E-state index in [4.69, 9.17) is 0 Å². The maximum absolute atomic E-state index is 12.9. The predicted octanol–water partition coefficient (Wildman–Crippen LogP) is 5.01. The highest BCUT2D eigenvalue weighted by molar-refractivity contribution is 9.10. The molecule has 0 aliphatic carbocycles. The van der Waals surface area contributed by atoms with Crippen LogP contribution in [-0.4, -0.2) is 9.97 Å². The van der Waals surface area contributed by atoms with Gasteiger partial charge in [-0.15, -0.1) is 0 Å². The second-order valence-electron chi connectivity index (χ2n) is 4.27. The quantitative estimate of drug-likeness (QED) is 0.662. The molecule has 1 N–H and O–H groups in total. The Hall–Kier alpha value is -1.82. The minimum atomic E-state index is -4.40. The molecule has 2 aromatic carbocycles. The lowest BCUT2D eigenvalue weighted by Gasteiger charge is -2.11. The first kappa shape index (κ1) is 13.2. The molecule has 3 rings (SSSR count). The highest BCUT2D eigenvalue weighted by Crippen LogP contribution is 2.39. The minimum Gasteiger partial charge on any atom is -0.338 e. The maximum Gasteiger partial charge on any atom is 0.417 e. The van der Waals surface area contributed by atoms with Crippen LogP contribution in [-0.2, 0) is 6.18 Å². The van der Waals surface area contributed by atoms with E-state index in [1.165, 1.54) is 6.07 Å². The molecule has 0 radical (unpaired) electrons. The van der Waals surface area contributed by atoms with Gasteiger partial charge in [0.25, 0.3) is 0 Å². The van der Waals surface area contributed by atoms with Crippen LogP contribution < -0.4 is 0 Å². The van der Waals surface area contributed by atoms with Gasteiger partial charge < -0.3 is 4.98 Å². The lowest BCUT2D eigenvalue weighted by atomic mass is 10.1. The van der Waals surface area contributed by atoms with Crippen molar-refractivity contribution in [3.63, 3.8) is 0 Å². The summed E-state index contributed by atoms with van der Waals surface area (Å²) in [5, 5.41) is 0. The number of aromatic nitrogens is 2. The van der Waals surface area contributed by atoms with Crippen molar-refractivity contribution < 1.29 is 13.2 Å². The molecule has 0 fully saturated rings. The van der Waals surface area contributed by atoms with E-state index in [2.05, 4.69) is 25.9 Å². The molecule has 3 aromatic rings. The van der Waals surface area contributed by atoms with Crippen molar-refractivity contribution in [3.05, 3.63) is 52.5 Å². The van der Waals surface area contributed by atoms with Gasteiger partial charge in [-0.05, 0) is 34.1 Å². The zero-order chi connectivity index (χ0) is 14.3. The molecule has 0 amide bonds. The molecule has 0 saturated heterocycles. The second kappa shape index (κ2) is 4.63. The molecule has 1 aromatic heterocycles. The zero-order valence-electron chi connectivity index (χ0n) is 10.0. The van der Waals surface area contributed by atoms with Crippen LogP contribution in [0.15, 0.2) is 46.9 Å². The van der Waals surface area contributed by atoms with E-state index < -0.39 is 11.7 Å². The summed E-state index contributed by atoms with van der Waals surface area (Å²) in [6.07, 6.45) is -4.40. The number of nitrogens with one attached hydrogen (secondary N) is 1. The molecule has 0 aliphatic rings. The fraction of sp³-hybridized carbons (Fsp3) is 0.0714. The summed E-state index contributed by atoms with van der Waals surface area (Å²) in [5.74, 6) is 0.407. The monoisotopic (exact) mass is 340 g/mol. The average Bonchev–Trinajstić information content (AvgIpc) is 2.81. The second-order valence-corrected chi connectivity index (χ2v) is 5.06. The molecule has 0 spiro atoms. The Bertz CT molecular complexity index is 744. The van der Waals surface area contributed by atoms with Crippen molar-refractivity contribution in [2.45, 2.75) is 6.18 Å². The molecule has 102 valence electrons. The average molecular weight is 341 g/mol. The lowest BCUT2D eigenvalue weighted by Crippen LogP contribution is -2.06. The van der Waals surface area contributed by atoms with Crippen LogP contribution in [0.3, 0.4) is 0 Å². The number of imidazole rings is 1. The van der Waals surface area contributed by atoms with Gasteiger partial charge in [0, 0.05) is 10.0 Å². The maximum atomic E-state index is 12.9. The Kier molecular flexibility index (Phi) is 3.05. The van der Waals surface area contributed by atoms with Crippen molar-refractivity contribution in [1.29, 1.82) is 0 Å². The van der Waals surface area contributed by atoms with Crippen LogP contribution in [0.5, 0.6) is 0 Å². The number of benzene rings is 2. The number of nitrogens with zero attached hydrogens (tertiary/aromatic N) is 1. The number of hydrogen-bond acceptors (Lipinski definition) is 1. The van der Waals surface area contributed by atoms with Gasteiger partial charge in [-0.3, -0.25) is 0 Å². The van der Waals surface area contributed by atoms with Crippen molar-refractivity contribution >= 4 is 27.0 Å². The number of para-hydroxylation sites is 2. The lowest BCUT2D eigenvalue weighted by molar-refractivity contribution is -0.138. The van der Waals surface area contributed by atoms with Gasteiger partial charge in [0.2, 0.25) is 0 Å². The summed E-state index contributed by atoms with van der Waals surface area (Å²) in [6.45, 7) is 0. The Morgan fingerprint density at radius 3 is 2.45 bits per heavy atom. The fourth-order valence-electron chi connectivity index (χ4n) is 2.01. The standard InChI is InChI=1S/C14H8BrF3N2/c15-12-8(4-3-5-9(12)14(16,17)18)13-19-10-6-1-2-7-11(10)20-13/h1-7H,(H,19,20). The van der Waals surface area contributed by atoms with Gasteiger partial charge in [-0.1, -0.05) is 24.3 Å². The molecule has 0 aliphatic heterocycles. The number of alkyl halides is 3. The van der Waals surface area contributed by atoms with Gasteiger partial charge in [0.05, 0.1) is 16.6 Å². The highest BCUT2D eigenvalue weighted by atomic mass is 79.9. The normalized spacial score (nSPS) is 12.0. The smallest absolute Gasteiger partial charge is 0.338 e. The summed E-state index contributed by atoms with van der Waals surface area (Å²) >= 11 is 3.03. The fourth-order valence-corrected chi connectivity index (χ4v) is 2.69. The molecule has 1 heterocycles. The summed E-state index contributed by atoms with van der Waals surface area (Å²) in [6, 6.07) is 11.3. The third-order valence-corrected chi connectivity index (χ3v) is 3.80. The van der Waals surface area contributed by atoms with Crippen LogP contribution in [0.25, 0.3) is 22.4 Å². The number of fused-ring (bicyclic) bond motifs is 1. The zero-order valence-corrected chi connectivity index (χ0v) is 11.6. The molecule has 6 heteroatoms. The first-order valence-electron chi connectivity index (χ1n) is 5.77. The first-order valence-corrected chi connectivity index (χ1v) is 6.57. The Morgan fingerprint density at radius 1 is 1.00 bits per heavy atom. The van der Waals surface area contributed by atoms with Crippen LogP contribution in [0.2, 0.25) is 0 Å². The number of halogens is 4. The topological polar surface area (TPSA) is 28.7 Å². The molecule has 0 unspecified atom stereocenters. The van der Waals surface area contributed by atoms with E-state index in [0.29, 0.717) is 16.9 Å². The molecule has 20 heavy (non-hydrogen) atoms. The van der Waals surface area contributed by atoms with E-state index in [0.717, 1.165) is 11.6 Å². The molecular weight excluding hydrogens is 333 g/mol. The van der Waals surface area contributed by atoms with Crippen LogP contribution in [0, 0.1) is 0 Å². The molecule has 0 saturated carbocycles. The van der Waals surface area contributed by atoms with Gasteiger partial charge in [0.1, 0.15) is 5.82 Å². The van der Waals surface area contributed by atoms with Crippen molar-refractivity contribution in [3.8, 4) is 11.4 Å². The van der Waals surface area contributed by atoms with E-state index in [1.54, 1.807) is 12.1 Å². The van der Waals surface area contributed by atoms with Crippen LogP contribution in [0.1, 0.15) is 5.56 Å². The summed E-state index contributed by atoms with van der Waals surface area (Å²) in [4.78, 5) is 7.34. The summed E-state index contributed by atoms with van der Waals surface area (Å²) in [7, 11) is 0. The summed E-state index contributed by atoms with van der Waals surface area (Å²) in [5.41, 5.74) is 1.17. The Morgan fingerprint density at radius 2 is 1.75 bits per heavy atom. The number of hydrogen-bond donors (Lipinski definition) is 1. The van der Waals surface area contributed by atoms with Crippen LogP contribution in [0.4, 0.5) is 13.2 Å². The van der Waals surface area contributed by atoms with Gasteiger partial charge in [-0.2, -0.15) is 13.2 Å². The van der Waals surface area contributed by atoms with Crippen LogP contribution >= 0.6 is 15.9 Å². The summed E-state index contributed by atoms with van der Waals surface area (Å²) < 4.78 is 38.7. The Labute approximate surface area is 120 Å². The number of aromatic amines is 1. The minimum absolute atomic E-state index is 0.00782. The van der Waals surface area contributed by atoms with Gasteiger partial charge >= 0.3 is 6.18 Å². The number of rotatable bonds is 1. The first-order chi connectivity index (χ1) is 9.47. The molecule has 2 nitrogen and oxygen atoms in total. The predicted molar refractivity (Wildman–Crippen MR) is 74.2 cm³/mol. The molecular formula is C14H8BrF3N2. The van der Waals surface area contributed by atoms with Gasteiger partial charge in [0.15, 0.2) is 0 Å². The third kappa shape index (κ3) is 2.20. The van der Waals surface area contributed by atoms with Gasteiger partial charge in [-0.25, -0.2) is 4.98 Å². The SMILES string of the molecule is FC(F)(F)c1cccc(-c2nc3ccccc3[nH]2)c1Br. The Balaban J connectivity index is 2.19. The molecule has 0 bridgehead atoms. The van der Waals surface area contributed by atoms with E-state index >= 15 is 0 Å². The van der Waals surface area contributed by atoms with E-state index in [1.807, 2.05) is 18.2 Å². The van der Waals surface area contributed by atoms with E-state index in [9.17, 15) is 13.2 Å². The highest BCUT2D eigenvalue weighted by Gasteiger charge is 2.34. The molecule has 0 atom stereocenters. The van der Waals surface area contributed by atoms with Crippen molar-refractivity contribution in [1.82, 2.24) is 9.97 Å². The third-order valence-electron chi connectivity index (χ3n) is 2.95. The van der Waals surface area contributed by atoms with Crippen molar-refractivity contribution in [2.24, 2.45) is 0 Å². The number of H-pyrrole nitrogens is 1. The largest absolute Gasteiger partial charge is 0.417 e. The van der Waals surface area contributed by atoms with Crippen molar-refractivity contribution in [2.75, 3.05) is 0 Å². The van der Waals surface area contributed by atoms with E-state index in [-0.39, 0.29) is 4.47 Å².